The molecule has 0 heterocycles. The average Bonchev–Trinajstić information content (AvgIpc) is 1.84. The van der Waals surface area contributed by atoms with Gasteiger partial charge in [-0.3, -0.25) is 0 Å². The van der Waals surface area contributed by atoms with E-state index in [0.29, 0.717) is 17.9 Å². The SMILES string of the molecule is CC(C)NC(C)(C(C)C)C(C)C. The maximum Gasteiger partial charge on any atom is 0.0201 e. The zero-order valence-corrected chi connectivity index (χ0v) is 9.73. The summed E-state index contributed by atoms with van der Waals surface area (Å²) in [5.41, 5.74) is 0.272. The van der Waals surface area contributed by atoms with Gasteiger partial charge in [-0.05, 0) is 18.8 Å². The summed E-state index contributed by atoms with van der Waals surface area (Å²) in [6.45, 7) is 15.9. The van der Waals surface area contributed by atoms with E-state index < -0.39 is 0 Å². The van der Waals surface area contributed by atoms with Crippen LogP contribution in [0.3, 0.4) is 0 Å². The van der Waals surface area contributed by atoms with Gasteiger partial charge in [-0.2, -0.15) is 0 Å². The normalized spacial score (nSPS) is 13.5. The van der Waals surface area contributed by atoms with E-state index in [2.05, 4.69) is 53.8 Å². The van der Waals surface area contributed by atoms with Crippen LogP contribution in [0.2, 0.25) is 0 Å². The lowest BCUT2D eigenvalue weighted by Crippen LogP contribution is -2.53. The molecule has 0 atom stereocenters. The predicted octanol–water partition coefficient (Wildman–Crippen LogP) is 3.06. The fourth-order valence-corrected chi connectivity index (χ4v) is 1.62. The molecule has 0 aromatic rings. The van der Waals surface area contributed by atoms with E-state index in [1.54, 1.807) is 0 Å². The van der Waals surface area contributed by atoms with E-state index in [4.69, 9.17) is 0 Å². The van der Waals surface area contributed by atoms with Crippen LogP contribution in [-0.2, 0) is 0 Å². The van der Waals surface area contributed by atoms with E-state index in [-0.39, 0.29) is 5.54 Å². The molecule has 1 heteroatoms. The molecule has 74 valence electrons. The molecule has 1 N–H and O–H groups in total. The molecule has 0 radical (unpaired) electrons. The second-order valence-electron chi connectivity index (χ2n) is 4.89. The van der Waals surface area contributed by atoms with Crippen molar-refractivity contribution >= 4 is 0 Å². The third-order valence-corrected chi connectivity index (χ3v) is 3.00. The second kappa shape index (κ2) is 4.27. The van der Waals surface area contributed by atoms with Crippen molar-refractivity contribution in [3.8, 4) is 0 Å². The van der Waals surface area contributed by atoms with Crippen LogP contribution in [-0.4, -0.2) is 11.6 Å². The van der Waals surface area contributed by atoms with Crippen molar-refractivity contribution in [3.05, 3.63) is 0 Å². The van der Waals surface area contributed by atoms with E-state index >= 15 is 0 Å². The summed E-state index contributed by atoms with van der Waals surface area (Å²) < 4.78 is 0. The molecule has 0 saturated heterocycles. The van der Waals surface area contributed by atoms with Crippen LogP contribution in [0.5, 0.6) is 0 Å². The number of hydrogen-bond acceptors (Lipinski definition) is 1. The van der Waals surface area contributed by atoms with Gasteiger partial charge in [0.05, 0.1) is 0 Å². The maximum atomic E-state index is 3.66. The summed E-state index contributed by atoms with van der Waals surface area (Å²) in [5.74, 6) is 1.36. The average molecular weight is 171 g/mol. The fraction of sp³-hybridized carbons (Fsp3) is 1.00. The Kier molecular flexibility index (Phi) is 4.25. The molecule has 0 aliphatic rings. The van der Waals surface area contributed by atoms with Crippen molar-refractivity contribution in [1.82, 2.24) is 5.32 Å². The topological polar surface area (TPSA) is 12.0 Å². The molecule has 0 aliphatic heterocycles. The number of hydrogen-bond donors (Lipinski definition) is 1. The van der Waals surface area contributed by atoms with Crippen molar-refractivity contribution in [1.29, 1.82) is 0 Å². The van der Waals surface area contributed by atoms with E-state index in [1.807, 2.05) is 0 Å². The van der Waals surface area contributed by atoms with Crippen LogP contribution in [0.15, 0.2) is 0 Å². The minimum absolute atomic E-state index is 0.272. The maximum absolute atomic E-state index is 3.66. The molecule has 1 nitrogen and oxygen atoms in total. The highest BCUT2D eigenvalue weighted by Gasteiger charge is 2.31. The largest absolute Gasteiger partial charge is 0.309 e. The van der Waals surface area contributed by atoms with Crippen molar-refractivity contribution in [2.75, 3.05) is 0 Å². The Hall–Kier alpha value is -0.0400. The fourth-order valence-electron chi connectivity index (χ4n) is 1.62. The predicted molar refractivity (Wildman–Crippen MR) is 56.4 cm³/mol. The summed E-state index contributed by atoms with van der Waals surface area (Å²) in [7, 11) is 0. The standard InChI is InChI=1S/C11H25N/c1-8(2)11(7,9(3)4)12-10(5)6/h8-10,12H,1-7H3. The molecule has 12 heavy (non-hydrogen) atoms. The van der Waals surface area contributed by atoms with Crippen molar-refractivity contribution in [2.24, 2.45) is 11.8 Å². The van der Waals surface area contributed by atoms with Crippen molar-refractivity contribution in [2.45, 2.75) is 60.0 Å². The summed E-state index contributed by atoms with van der Waals surface area (Å²) in [4.78, 5) is 0. The first-order valence-corrected chi connectivity index (χ1v) is 5.08. The molecule has 0 aromatic heterocycles. The van der Waals surface area contributed by atoms with Crippen LogP contribution in [0.25, 0.3) is 0 Å². The first-order chi connectivity index (χ1) is 5.30. The Balaban J connectivity index is 4.40. The van der Waals surface area contributed by atoms with Gasteiger partial charge in [0, 0.05) is 11.6 Å². The van der Waals surface area contributed by atoms with Crippen LogP contribution >= 0.6 is 0 Å². The molecule has 0 rings (SSSR count). The third kappa shape index (κ3) is 2.78. The van der Waals surface area contributed by atoms with Crippen molar-refractivity contribution < 1.29 is 0 Å². The molecule has 0 spiro atoms. The second-order valence-corrected chi connectivity index (χ2v) is 4.89. The minimum atomic E-state index is 0.272. The summed E-state index contributed by atoms with van der Waals surface area (Å²) in [5, 5.41) is 3.66. The lowest BCUT2D eigenvalue weighted by Gasteiger charge is -2.40. The molecule has 0 fully saturated rings. The monoisotopic (exact) mass is 171 g/mol. The van der Waals surface area contributed by atoms with Gasteiger partial charge in [-0.1, -0.05) is 41.5 Å². The molecule has 0 aromatic carbocycles. The highest BCUT2D eigenvalue weighted by atomic mass is 15.0. The van der Waals surface area contributed by atoms with Gasteiger partial charge < -0.3 is 5.32 Å². The van der Waals surface area contributed by atoms with E-state index in [1.165, 1.54) is 0 Å². The number of nitrogens with one attached hydrogen (secondary N) is 1. The van der Waals surface area contributed by atoms with Crippen LogP contribution in [0, 0.1) is 11.8 Å². The van der Waals surface area contributed by atoms with Gasteiger partial charge in [0.2, 0.25) is 0 Å². The first-order valence-electron chi connectivity index (χ1n) is 5.08. The summed E-state index contributed by atoms with van der Waals surface area (Å²) >= 11 is 0. The molecule has 0 unspecified atom stereocenters. The Bertz CT molecular complexity index is 117. The van der Waals surface area contributed by atoms with Crippen LogP contribution in [0.1, 0.15) is 48.5 Å². The zero-order valence-electron chi connectivity index (χ0n) is 9.73. The highest BCUT2D eigenvalue weighted by molar-refractivity contribution is 4.90. The Labute approximate surface area is 77.9 Å². The van der Waals surface area contributed by atoms with Gasteiger partial charge >= 0.3 is 0 Å². The molecular formula is C11H25N. The molecule has 0 saturated carbocycles. The Morgan fingerprint density at radius 1 is 0.833 bits per heavy atom. The number of rotatable bonds is 4. The lowest BCUT2D eigenvalue weighted by atomic mass is 9.78. The Morgan fingerprint density at radius 2 is 1.17 bits per heavy atom. The van der Waals surface area contributed by atoms with Gasteiger partial charge in [0.25, 0.3) is 0 Å². The molecule has 0 aliphatic carbocycles. The summed E-state index contributed by atoms with van der Waals surface area (Å²) in [6.07, 6.45) is 0. The highest BCUT2D eigenvalue weighted by Crippen LogP contribution is 2.25. The summed E-state index contributed by atoms with van der Waals surface area (Å²) in [6, 6.07) is 0.569. The molecule has 0 amide bonds. The van der Waals surface area contributed by atoms with Crippen molar-refractivity contribution in [3.63, 3.8) is 0 Å². The zero-order chi connectivity index (χ0) is 9.94. The third-order valence-electron chi connectivity index (χ3n) is 3.00. The smallest absolute Gasteiger partial charge is 0.0201 e. The van der Waals surface area contributed by atoms with Crippen LogP contribution < -0.4 is 5.32 Å². The van der Waals surface area contributed by atoms with E-state index in [9.17, 15) is 0 Å². The van der Waals surface area contributed by atoms with Gasteiger partial charge in [-0.15, -0.1) is 0 Å². The van der Waals surface area contributed by atoms with Crippen LogP contribution in [0.4, 0.5) is 0 Å². The van der Waals surface area contributed by atoms with E-state index in [0.717, 1.165) is 0 Å². The lowest BCUT2D eigenvalue weighted by molar-refractivity contribution is 0.172. The van der Waals surface area contributed by atoms with Gasteiger partial charge in [0.1, 0.15) is 0 Å². The first kappa shape index (κ1) is 12.0. The minimum Gasteiger partial charge on any atom is -0.309 e. The Morgan fingerprint density at radius 3 is 1.25 bits per heavy atom. The van der Waals surface area contributed by atoms with Gasteiger partial charge in [0.15, 0.2) is 0 Å². The molecule has 0 bridgehead atoms. The van der Waals surface area contributed by atoms with Gasteiger partial charge in [-0.25, -0.2) is 0 Å². The molecular weight excluding hydrogens is 146 g/mol. The quantitative estimate of drug-likeness (QED) is 0.685.